The van der Waals surface area contributed by atoms with E-state index in [4.69, 9.17) is 16.3 Å². The number of rotatable bonds is 7. The van der Waals surface area contributed by atoms with E-state index in [9.17, 15) is 9.59 Å². The van der Waals surface area contributed by atoms with Gasteiger partial charge in [-0.2, -0.15) is 5.10 Å². The van der Waals surface area contributed by atoms with Crippen molar-refractivity contribution in [1.29, 1.82) is 0 Å². The Labute approximate surface area is 163 Å². The lowest BCUT2D eigenvalue weighted by atomic mass is 10.1. The summed E-state index contributed by atoms with van der Waals surface area (Å²) in [5.41, 5.74) is 4.89. The van der Waals surface area contributed by atoms with E-state index in [0.717, 1.165) is 17.5 Å². The molecule has 2 N–H and O–H groups in total. The van der Waals surface area contributed by atoms with Crippen LogP contribution in [0.1, 0.15) is 30.0 Å². The fourth-order valence-electron chi connectivity index (χ4n) is 2.11. The van der Waals surface area contributed by atoms with E-state index in [1.165, 1.54) is 6.21 Å². The van der Waals surface area contributed by atoms with E-state index in [1.807, 2.05) is 38.1 Å². The predicted octanol–water partition coefficient (Wildman–Crippen LogP) is 3.20. The second-order valence-electron chi connectivity index (χ2n) is 5.91. The fourth-order valence-corrected chi connectivity index (χ4v) is 2.35. The molecule has 0 spiro atoms. The van der Waals surface area contributed by atoms with Crippen LogP contribution in [-0.4, -0.2) is 24.6 Å². The number of carbonyl (C=O) groups excluding carboxylic acids is 2. The van der Waals surface area contributed by atoms with Crippen LogP contribution in [0.2, 0.25) is 5.02 Å². The molecule has 0 aliphatic rings. The number of nitrogens with one attached hydrogen (secondary N) is 2. The molecule has 0 heterocycles. The van der Waals surface area contributed by atoms with Crippen LogP contribution in [-0.2, 0) is 16.1 Å². The maximum atomic E-state index is 11.8. The van der Waals surface area contributed by atoms with Crippen LogP contribution in [0.5, 0.6) is 5.75 Å². The van der Waals surface area contributed by atoms with Gasteiger partial charge in [0.05, 0.1) is 17.8 Å². The van der Waals surface area contributed by atoms with Crippen LogP contribution in [0.4, 0.5) is 0 Å². The molecule has 0 fully saturated rings. The van der Waals surface area contributed by atoms with Crippen molar-refractivity contribution in [2.75, 3.05) is 6.61 Å². The molecule has 0 radical (unpaired) electrons. The molecule has 0 saturated heterocycles. The van der Waals surface area contributed by atoms with Gasteiger partial charge in [0.2, 0.25) is 0 Å². The molecule has 0 aliphatic heterocycles. The highest BCUT2D eigenvalue weighted by atomic mass is 35.5. The van der Waals surface area contributed by atoms with Crippen LogP contribution in [0.3, 0.4) is 0 Å². The Balaban J connectivity index is 1.82. The summed E-state index contributed by atoms with van der Waals surface area (Å²) in [6.45, 7) is 4.84. The van der Waals surface area contributed by atoms with Gasteiger partial charge < -0.3 is 10.1 Å². The highest BCUT2D eigenvalue weighted by Gasteiger charge is 2.11. The molecular formula is C20H22ClN3O3. The van der Waals surface area contributed by atoms with Crippen LogP contribution in [0.15, 0.2) is 47.6 Å². The number of hydrazone groups is 1. The lowest BCUT2D eigenvalue weighted by Crippen LogP contribution is -2.37. The van der Waals surface area contributed by atoms with Gasteiger partial charge in [0, 0.05) is 6.54 Å². The number of amides is 2. The van der Waals surface area contributed by atoms with Crippen molar-refractivity contribution in [3.8, 4) is 5.75 Å². The Bertz CT molecular complexity index is 820. The first-order chi connectivity index (χ1) is 13.0. The molecule has 0 aromatic heterocycles. The third-order valence-corrected chi connectivity index (χ3v) is 3.87. The quantitative estimate of drug-likeness (QED) is 0.435. The third-order valence-electron chi connectivity index (χ3n) is 3.58. The molecular weight excluding hydrogens is 366 g/mol. The summed E-state index contributed by atoms with van der Waals surface area (Å²) < 4.78 is 5.49. The topological polar surface area (TPSA) is 79.8 Å². The third kappa shape index (κ3) is 6.75. The zero-order valence-electron chi connectivity index (χ0n) is 15.3. The number of halogens is 1. The molecule has 0 aliphatic carbocycles. The Morgan fingerprint density at radius 1 is 1.15 bits per heavy atom. The molecule has 2 aromatic rings. The average Bonchev–Trinajstić information content (AvgIpc) is 2.66. The first kappa shape index (κ1) is 20.5. The molecule has 7 heteroatoms. The van der Waals surface area contributed by atoms with Gasteiger partial charge in [0.15, 0.2) is 0 Å². The van der Waals surface area contributed by atoms with Crippen LogP contribution in [0, 0.1) is 6.92 Å². The highest BCUT2D eigenvalue weighted by molar-refractivity contribution is 6.35. The normalized spacial score (nSPS) is 10.6. The highest BCUT2D eigenvalue weighted by Crippen LogP contribution is 2.24. The van der Waals surface area contributed by atoms with E-state index >= 15 is 0 Å². The van der Waals surface area contributed by atoms with Crippen LogP contribution < -0.4 is 15.5 Å². The molecule has 27 heavy (non-hydrogen) atoms. The zero-order valence-corrected chi connectivity index (χ0v) is 16.0. The van der Waals surface area contributed by atoms with E-state index < -0.39 is 11.8 Å². The molecule has 0 saturated carbocycles. The lowest BCUT2D eigenvalue weighted by molar-refractivity contribution is -0.139. The number of hydrogen-bond donors (Lipinski definition) is 2. The molecule has 0 bridgehead atoms. The predicted molar refractivity (Wildman–Crippen MR) is 106 cm³/mol. The number of ether oxygens (including phenoxy) is 1. The Morgan fingerprint density at radius 3 is 2.56 bits per heavy atom. The molecule has 142 valence electrons. The number of hydrogen-bond acceptors (Lipinski definition) is 4. The minimum Gasteiger partial charge on any atom is -0.492 e. The average molecular weight is 388 g/mol. The summed E-state index contributed by atoms with van der Waals surface area (Å²) in [5, 5.41) is 6.77. The summed E-state index contributed by atoms with van der Waals surface area (Å²) in [4.78, 5) is 23.6. The van der Waals surface area contributed by atoms with Gasteiger partial charge in [-0.25, -0.2) is 5.43 Å². The summed E-state index contributed by atoms with van der Waals surface area (Å²) in [6.07, 6.45) is 2.29. The Morgan fingerprint density at radius 2 is 1.89 bits per heavy atom. The van der Waals surface area contributed by atoms with Gasteiger partial charge in [-0.1, -0.05) is 48.4 Å². The van der Waals surface area contributed by atoms with Crippen molar-refractivity contribution >= 4 is 29.6 Å². The minimum atomic E-state index is -0.840. The van der Waals surface area contributed by atoms with Crippen LogP contribution in [0.25, 0.3) is 0 Å². The SMILES string of the molecule is CCCOc1ccc(/C=N\NC(=O)C(=O)NCc2ccc(C)cc2)cc1Cl. The van der Waals surface area contributed by atoms with Crippen molar-refractivity contribution < 1.29 is 14.3 Å². The second kappa shape index (κ2) is 10.3. The zero-order chi connectivity index (χ0) is 19.6. The summed E-state index contributed by atoms with van der Waals surface area (Å²) in [6, 6.07) is 12.8. The first-order valence-electron chi connectivity index (χ1n) is 8.58. The Kier molecular flexibility index (Phi) is 7.82. The number of aryl methyl sites for hydroxylation is 1. The fraction of sp³-hybridized carbons (Fsp3) is 0.250. The number of benzene rings is 2. The molecule has 0 unspecified atom stereocenters. The maximum Gasteiger partial charge on any atom is 0.329 e. The van der Waals surface area contributed by atoms with Gasteiger partial charge in [0.1, 0.15) is 5.75 Å². The largest absolute Gasteiger partial charge is 0.492 e. The van der Waals surface area contributed by atoms with Crippen molar-refractivity contribution in [1.82, 2.24) is 10.7 Å². The van der Waals surface area contributed by atoms with Crippen molar-refractivity contribution in [3.63, 3.8) is 0 Å². The van der Waals surface area contributed by atoms with Gasteiger partial charge in [-0.3, -0.25) is 9.59 Å². The van der Waals surface area contributed by atoms with E-state index in [1.54, 1.807) is 18.2 Å². The van der Waals surface area contributed by atoms with Crippen molar-refractivity contribution in [2.45, 2.75) is 26.8 Å². The molecule has 0 atom stereocenters. The standard InChI is InChI=1S/C20H22ClN3O3/c1-3-10-27-18-9-8-16(11-17(18)21)13-23-24-20(26)19(25)22-12-15-6-4-14(2)5-7-15/h4-9,11,13H,3,10,12H2,1-2H3,(H,22,25)(H,24,26)/b23-13-. The van der Waals surface area contributed by atoms with E-state index in [0.29, 0.717) is 22.9 Å². The lowest BCUT2D eigenvalue weighted by Gasteiger charge is -2.07. The van der Waals surface area contributed by atoms with Crippen LogP contribution >= 0.6 is 11.6 Å². The Hall–Kier alpha value is -2.86. The molecule has 6 nitrogen and oxygen atoms in total. The van der Waals surface area contributed by atoms with Gasteiger partial charge in [-0.15, -0.1) is 0 Å². The molecule has 2 rings (SSSR count). The second-order valence-corrected chi connectivity index (χ2v) is 6.31. The maximum absolute atomic E-state index is 11.8. The summed E-state index contributed by atoms with van der Waals surface area (Å²) >= 11 is 6.13. The van der Waals surface area contributed by atoms with Crippen molar-refractivity contribution in [2.24, 2.45) is 5.10 Å². The van der Waals surface area contributed by atoms with E-state index in [-0.39, 0.29) is 6.54 Å². The van der Waals surface area contributed by atoms with Crippen molar-refractivity contribution in [3.05, 3.63) is 64.2 Å². The first-order valence-corrected chi connectivity index (χ1v) is 8.96. The van der Waals surface area contributed by atoms with Gasteiger partial charge in [0.25, 0.3) is 0 Å². The number of carbonyl (C=O) groups is 2. The molecule has 2 amide bonds. The minimum absolute atomic E-state index is 0.269. The van der Waals surface area contributed by atoms with E-state index in [2.05, 4.69) is 15.8 Å². The summed E-state index contributed by atoms with van der Waals surface area (Å²) in [5.74, 6) is -1.00. The molecule has 2 aromatic carbocycles. The number of nitrogens with zero attached hydrogens (tertiary/aromatic N) is 1. The smallest absolute Gasteiger partial charge is 0.329 e. The monoisotopic (exact) mass is 387 g/mol. The van der Waals surface area contributed by atoms with Gasteiger partial charge in [-0.05, 0) is 42.7 Å². The summed E-state index contributed by atoms with van der Waals surface area (Å²) in [7, 11) is 0. The van der Waals surface area contributed by atoms with Gasteiger partial charge >= 0.3 is 11.8 Å².